The second-order valence-electron chi connectivity index (χ2n) is 6.65. The highest BCUT2D eigenvalue weighted by Gasteiger charge is 2.41. The van der Waals surface area contributed by atoms with Crippen molar-refractivity contribution in [1.29, 1.82) is 0 Å². The van der Waals surface area contributed by atoms with E-state index in [1.54, 1.807) is 11.1 Å². The van der Waals surface area contributed by atoms with Gasteiger partial charge >= 0.3 is 0 Å². The quantitative estimate of drug-likeness (QED) is 0.849. The Kier molecular flexibility index (Phi) is 3.64. The van der Waals surface area contributed by atoms with Crippen molar-refractivity contribution in [3.63, 3.8) is 0 Å². The summed E-state index contributed by atoms with van der Waals surface area (Å²) >= 11 is 0. The molecule has 2 aliphatic carbocycles. The maximum Gasteiger partial charge on any atom is 0.00471 e. The highest BCUT2D eigenvalue weighted by Crippen LogP contribution is 2.44. The fourth-order valence-electron chi connectivity index (χ4n) is 3.36. The van der Waals surface area contributed by atoms with Crippen LogP contribution in [0.5, 0.6) is 0 Å². The van der Waals surface area contributed by atoms with Gasteiger partial charge in [-0.15, -0.1) is 0 Å². The molecule has 3 rings (SSSR count). The Morgan fingerprint density at radius 3 is 2.74 bits per heavy atom. The summed E-state index contributed by atoms with van der Waals surface area (Å²) < 4.78 is 0. The molecule has 0 bridgehead atoms. The normalized spacial score (nSPS) is 19.7. The van der Waals surface area contributed by atoms with Crippen molar-refractivity contribution in [3.8, 4) is 0 Å². The lowest BCUT2D eigenvalue weighted by Gasteiger charge is -2.22. The highest BCUT2D eigenvalue weighted by molar-refractivity contribution is 5.35. The zero-order valence-electron chi connectivity index (χ0n) is 12.1. The van der Waals surface area contributed by atoms with Gasteiger partial charge in [0.2, 0.25) is 0 Å². The number of hydrogen-bond acceptors (Lipinski definition) is 2. The van der Waals surface area contributed by atoms with Gasteiger partial charge in [-0.2, -0.15) is 0 Å². The van der Waals surface area contributed by atoms with Crippen LogP contribution < -0.4 is 5.73 Å². The minimum absolute atomic E-state index is 0.465. The van der Waals surface area contributed by atoms with Gasteiger partial charge in [0.15, 0.2) is 0 Å². The molecular weight excluding hydrogens is 232 g/mol. The standard InChI is InChI=1S/C17H26N2/c1-19(13-17(12-18)8-9-17)10-7-14-5-6-15-3-2-4-16(15)11-14/h5-6,11H,2-4,7-10,12-13,18H2,1H3. The van der Waals surface area contributed by atoms with Crippen LogP contribution >= 0.6 is 0 Å². The minimum Gasteiger partial charge on any atom is -0.330 e. The molecule has 1 aromatic rings. The number of hydrogen-bond donors (Lipinski definition) is 1. The molecule has 1 fully saturated rings. The molecule has 0 radical (unpaired) electrons. The molecule has 0 saturated heterocycles. The molecule has 0 aliphatic heterocycles. The molecule has 2 heteroatoms. The Labute approximate surface area is 117 Å². The first kappa shape index (κ1) is 13.1. The third-order valence-corrected chi connectivity index (χ3v) is 4.94. The van der Waals surface area contributed by atoms with Crippen molar-refractivity contribution in [2.75, 3.05) is 26.7 Å². The number of nitrogens with two attached hydrogens (primary N) is 1. The van der Waals surface area contributed by atoms with E-state index < -0.39 is 0 Å². The van der Waals surface area contributed by atoms with Gasteiger partial charge in [0.05, 0.1) is 0 Å². The summed E-state index contributed by atoms with van der Waals surface area (Å²) in [5, 5.41) is 0. The van der Waals surface area contributed by atoms with Crippen LogP contribution in [0.1, 0.15) is 36.0 Å². The SMILES string of the molecule is CN(CCc1ccc2c(c1)CCC2)CC1(CN)CC1. The van der Waals surface area contributed by atoms with Crippen LogP contribution in [-0.4, -0.2) is 31.6 Å². The Balaban J connectivity index is 1.51. The summed E-state index contributed by atoms with van der Waals surface area (Å²) in [4.78, 5) is 2.47. The van der Waals surface area contributed by atoms with E-state index in [4.69, 9.17) is 5.73 Å². The van der Waals surface area contributed by atoms with E-state index in [0.717, 1.165) is 13.1 Å². The fourth-order valence-corrected chi connectivity index (χ4v) is 3.36. The Bertz CT molecular complexity index is 449. The van der Waals surface area contributed by atoms with Gasteiger partial charge in [-0.3, -0.25) is 0 Å². The third kappa shape index (κ3) is 3.01. The largest absolute Gasteiger partial charge is 0.330 e. The number of rotatable bonds is 6. The number of nitrogens with zero attached hydrogens (tertiary/aromatic N) is 1. The van der Waals surface area contributed by atoms with Gasteiger partial charge in [-0.05, 0) is 74.2 Å². The molecule has 1 saturated carbocycles. The summed E-state index contributed by atoms with van der Waals surface area (Å²) in [5.41, 5.74) is 11.0. The molecule has 2 N–H and O–H groups in total. The van der Waals surface area contributed by atoms with Crippen LogP contribution in [0.15, 0.2) is 18.2 Å². The maximum atomic E-state index is 5.86. The molecule has 0 unspecified atom stereocenters. The molecule has 104 valence electrons. The van der Waals surface area contributed by atoms with Crippen molar-refractivity contribution in [2.24, 2.45) is 11.1 Å². The van der Waals surface area contributed by atoms with Crippen molar-refractivity contribution in [3.05, 3.63) is 34.9 Å². The smallest absolute Gasteiger partial charge is 0.00471 e. The fraction of sp³-hybridized carbons (Fsp3) is 0.647. The van der Waals surface area contributed by atoms with E-state index in [1.165, 1.54) is 50.6 Å². The van der Waals surface area contributed by atoms with Crippen LogP contribution in [0.2, 0.25) is 0 Å². The van der Waals surface area contributed by atoms with E-state index in [9.17, 15) is 0 Å². The van der Waals surface area contributed by atoms with Crippen LogP contribution in [0.25, 0.3) is 0 Å². The summed E-state index contributed by atoms with van der Waals surface area (Å²) in [6.45, 7) is 3.19. The van der Waals surface area contributed by atoms with E-state index in [2.05, 4.69) is 30.1 Å². The van der Waals surface area contributed by atoms with E-state index >= 15 is 0 Å². The molecule has 2 aliphatic rings. The van der Waals surface area contributed by atoms with Crippen LogP contribution in [0.3, 0.4) is 0 Å². The Hall–Kier alpha value is -0.860. The molecule has 19 heavy (non-hydrogen) atoms. The Morgan fingerprint density at radius 1 is 1.21 bits per heavy atom. The van der Waals surface area contributed by atoms with Gasteiger partial charge in [-0.25, -0.2) is 0 Å². The lowest BCUT2D eigenvalue weighted by Crippen LogP contribution is -2.32. The average Bonchev–Trinajstić information content (AvgIpc) is 3.03. The van der Waals surface area contributed by atoms with E-state index in [-0.39, 0.29) is 0 Å². The number of likely N-dealkylation sites (N-methyl/N-ethyl adjacent to an activating group) is 1. The first-order chi connectivity index (χ1) is 9.21. The molecular formula is C17H26N2. The first-order valence-corrected chi connectivity index (χ1v) is 7.70. The summed E-state index contributed by atoms with van der Waals surface area (Å²) in [5.74, 6) is 0. The highest BCUT2D eigenvalue weighted by atomic mass is 15.1. The predicted octanol–water partition coefficient (Wildman–Crippen LogP) is 2.39. The first-order valence-electron chi connectivity index (χ1n) is 7.70. The van der Waals surface area contributed by atoms with Crippen LogP contribution in [0, 0.1) is 5.41 Å². The van der Waals surface area contributed by atoms with Crippen molar-refractivity contribution >= 4 is 0 Å². The Morgan fingerprint density at radius 2 is 2.00 bits per heavy atom. The van der Waals surface area contributed by atoms with Crippen molar-refractivity contribution in [1.82, 2.24) is 4.90 Å². The molecule has 0 heterocycles. The third-order valence-electron chi connectivity index (χ3n) is 4.94. The minimum atomic E-state index is 0.465. The molecule has 2 nitrogen and oxygen atoms in total. The van der Waals surface area contributed by atoms with E-state index in [1.807, 2.05) is 0 Å². The second kappa shape index (κ2) is 5.26. The molecule has 1 aromatic carbocycles. The lowest BCUT2D eigenvalue weighted by atomic mass is 10.0. The van der Waals surface area contributed by atoms with Gasteiger partial charge < -0.3 is 10.6 Å². The number of fused-ring (bicyclic) bond motifs is 1. The molecule has 0 atom stereocenters. The molecule has 0 aromatic heterocycles. The summed E-state index contributed by atoms with van der Waals surface area (Å²) in [7, 11) is 2.24. The summed E-state index contributed by atoms with van der Waals surface area (Å²) in [6, 6.07) is 7.11. The van der Waals surface area contributed by atoms with Crippen molar-refractivity contribution < 1.29 is 0 Å². The monoisotopic (exact) mass is 258 g/mol. The molecule has 0 spiro atoms. The van der Waals surface area contributed by atoms with E-state index in [0.29, 0.717) is 5.41 Å². The van der Waals surface area contributed by atoms with Gasteiger partial charge in [0, 0.05) is 13.1 Å². The van der Waals surface area contributed by atoms with Crippen molar-refractivity contribution in [2.45, 2.75) is 38.5 Å². The topological polar surface area (TPSA) is 29.3 Å². The number of aryl methyl sites for hydroxylation is 2. The maximum absolute atomic E-state index is 5.86. The predicted molar refractivity (Wildman–Crippen MR) is 80.4 cm³/mol. The summed E-state index contributed by atoms with van der Waals surface area (Å²) in [6.07, 6.45) is 7.74. The van der Waals surface area contributed by atoms with Gasteiger partial charge in [-0.1, -0.05) is 18.2 Å². The average molecular weight is 258 g/mol. The second-order valence-corrected chi connectivity index (χ2v) is 6.65. The number of benzene rings is 1. The zero-order chi connectivity index (χ0) is 13.3. The van der Waals surface area contributed by atoms with Gasteiger partial charge in [0.25, 0.3) is 0 Å². The van der Waals surface area contributed by atoms with Gasteiger partial charge in [0.1, 0.15) is 0 Å². The lowest BCUT2D eigenvalue weighted by molar-refractivity contribution is 0.269. The van der Waals surface area contributed by atoms with Crippen LogP contribution in [-0.2, 0) is 19.3 Å². The molecule has 0 amide bonds. The zero-order valence-corrected chi connectivity index (χ0v) is 12.1. The van der Waals surface area contributed by atoms with Crippen LogP contribution in [0.4, 0.5) is 0 Å².